The Morgan fingerprint density at radius 3 is 2.52 bits per heavy atom. The van der Waals surface area contributed by atoms with Crippen LogP contribution in [0.1, 0.15) is 31.4 Å². The minimum absolute atomic E-state index is 0. The summed E-state index contributed by atoms with van der Waals surface area (Å²) in [4.78, 5) is 9.94. The van der Waals surface area contributed by atoms with Crippen LogP contribution in [0.25, 0.3) is 0 Å². The Hall–Kier alpha value is -1.12. The van der Waals surface area contributed by atoms with Crippen molar-refractivity contribution in [3.05, 3.63) is 54.3 Å². The van der Waals surface area contributed by atoms with Crippen LogP contribution in [0.4, 0.5) is 11.5 Å². The topological polar surface area (TPSA) is 30.2 Å². The van der Waals surface area contributed by atoms with Gasteiger partial charge >= 0.3 is 0 Å². The van der Waals surface area contributed by atoms with Gasteiger partial charge in [0.1, 0.15) is 12.0 Å². The largest absolute Gasteiger partial charge is 0.276 e. The predicted octanol–water partition coefficient (Wildman–Crippen LogP) is 2.94. The number of nitrogens with one attached hydrogen (secondary N) is 1. The molecule has 0 bridgehead atoms. The molecule has 2 unspecified atom stereocenters. The molecule has 2 aromatic rings. The average Bonchev–Trinajstić information content (AvgIpc) is 2.43. The molecule has 2 rings (SSSR count). The summed E-state index contributed by atoms with van der Waals surface area (Å²) in [5, 5.41) is 0. The van der Waals surface area contributed by atoms with Crippen LogP contribution in [-0.4, -0.2) is 16.0 Å². The molecule has 1 aromatic carbocycles. The van der Waals surface area contributed by atoms with Gasteiger partial charge in [0.05, 0.1) is 0 Å². The number of benzene rings is 1. The average molecular weight is 372 g/mol. The van der Waals surface area contributed by atoms with E-state index in [-0.39, 0.29) is 19.5 Å². The van der Waals surface area contributed by atoms with E-state index < -0.39 is 0 Å². The van der Waals surface area contributed by atoms with Gasteiger partial charge in [0, 0.05) is 36.8 Å². The Kier molecular flexibility index (Phi) is 7.14. The molecule has 21 heavy (non-hydrogen) atoms. The van der Waals surface area contributed by atoms with Gasteiger partial charge in [-0.05, 0) is 32.9 Å². The van der Waals surface area contributed by atoms with Gasteiger partial charge in [-0.1, -0.05) is 25.1 Å². The van der Waals surface area contributed by atoms with E-state index in [1.54, 1.807) is 6.33 Å². The van der Waals surface area contributed by atoms with Gasteiger partial charge in [0.2, 0.25) is 5.82 Å². The monoisotopic (exact) mass is 372 g/mol. The fourth-order valence-corrected chi connectivity index (χ4v) is 2.62. The number of rotatable bonds is 5. The second-order valence-corrected chi connectivity index (χ2v) is 5.22. The van der Waals surface area contributed by atoms with E-state index in [1.165, 1.54) is 16.2 Å². The van der Waals surface area contributed by atoms with Crippen LogP contribution < -0.4 is 4.90 Å². The Balaban J connectivity index is 0.00000220. The molecule has 0 spiro atoms. The summed E-state index contributed by atoms with van der Waals surface area (Å²) in [6, 6.07) is 8.89. The molecule has 0 aliphatic rings. The maximum absolute atomic E-state index is 4.53. The van der Waals surface area contributed by atoms with Gasteiger partial charge in [-0.2, -0.15) is 11.4 Å². The number of aromatic nitrogens is 2. The number of para-hydroxylation sites is 1. The first-order valence-electron chi connectivity index (χ1n) is 7.18. The van der Waals surface area contributed by atoms with E-state index >= 15 is 0 Å². The Labute approximate surface area is 140 Å². The molecular formula is C17H23N3Rh. The molecule has 1 radical (unpaired) electrons. The molecule has 0 saturated carbocycles. The normalized spacial score (nSPS) is 13.3. The molecule has 1 aromatic heterocycles. The summed E-state index contributed by atoms with van der Waals surface area (Å²) in [5.41, 5.74) is 3.70. The van der Waals surface area contributed by atoms with E-state index in [2.05, 4.69) is 68.3 Å². The number of quaternary nitrogens is 1. The first-order chi connectivity index (χ1) is 9.65. The molecule has 3 nitrogen and oxygen atoms in total. The van der Waals surface area contributed by atoms with Gasteiger partial charge in [0.25, 0.3) is 0 Å². The zero-order valence-corrected chi connectivity index (χ0v) is 14.7. The minimum atomic E-state index is 0. The molecule has 0 aliphatic heterocycles. The van der Waals surface area contributed by atoms with Gasteiger partial charge in [-0.3, -0.25) is 11.3 Å². The first kappa shape index (κ1) is 17.9. The Morgan fingerprint density at radius 1 is 1.19 bits per heavy atom. The van der Waals surface area contributed by atoms with Gasteiger partial charge < -0.3 is 0 Å². The number of hydrogen-bond donors (Lipinski definition) is 1. The second kappa shape index (κ2) is 8.36. The molecule has 0 amide bonds. The summed E-state index contributed by atoms with van der Waals surface area (Å²) >= 11 is 0. The zero-order valence-electron chi connectivity index (χ0n) is 13.1. The van der Waals surface area contributed by atoms with Crippen LogP contribution in [-0.2, 0) is 19.5 Å². The summed E-state index contributed by atoms with van der Waals surface area (Å²) in [7, 11) is 0. The maximum atomic E-state index is 4.53. The number of nitrogens with zero attached hydrogens (tertiary/aromatic N) is 2. The Morgan fingerprint density at radius 2 is 1.90 bits per heavy atom. The Bertz CT molecular complexity index is 526. The smallest absolute Gasteiger partial charge is 0.235 e. The van der Waals surface area contributed by atoms with E-state index in [4.69, 9.17) is 0 Å². The first-order valence-corrected chi connectivity index (χ1v) is 7.18. The fraction of sp³-hybridized carbons (Fsp3) is 0.353. The van der Waals surface area contributed by atoms with Crippen LogP contribution >= 0.6 is 0 Å². The van der Waals surface area contributed by atoms with Crippen molar-refractivity contribution in [2.24, 2.45) is 0 Å². The van der Waals surface area contributed by atoms with Crippen LogP contribution in [0.3, 0.4) is 0 Å². The van der Waals surface area contributed by atoms with E-state index in [0.717, 1.165) is 17.8 Å². The van der Waals surface area contributed by atoms with Gasteiger partial charge in [-0.25, -0.2) is 4.98 Å². The quantitative estimate of drug-likeness (QED) is 0.646. The summed E-state index contributed by atoms with van der Waals surface area (Å²) in [6.07, 6.45) is 6.92. The summed E-state index contributed by atoms with van der Waals surface area (Å²) < 4.78 is 0. The standard InChI is InChI=1S/C17H22N3.Rh/c1-5-8-15(4)20(16-10-7-6-9-13(16)2)17-14(3)11-18-12-19-17;/h6-12,15H,5H2,1-4H3;/q-1;/p+1. The van der Waals surface area contributed by atoms with Crippen molar-refractivity contribution in [3.8, 4) is 0 Å². The zero-order chi connectivity index (χ0) is 14.5. The third-order valence-electron chi connectivity index (χ3n) is 3.63. The van der Waals surface area contributed by atoms with E-state index in [9.17, 15) is 0 Å². The molecule has 2 atom stereocenters. The third-order valence-corrected chi connectivity index (χ3v) is 3.63. The predicted molar refractivity (Wildman–Crippen MR) is 82.3 cm³/mol. The van der Waals surface area contributed by atoms with Crippen molar-refractivity contribution in [2.75, 3.05) is 0 Å². The van der Waals surface area contributed by atoms with Gasteiger partial charge in [0.15, 0.2) is 0 Å². The fourth-order valence-electron chi connectivity index (χ4n) is 2.62. The summed E-state index contributed by atoms with van der Waals surface area (Å²) in [6.45, 7) is 8.66. The van der Waals surface area contributed by atoms with Crippen molar-refractivity contribution in [2.45, 2.75) is 40.2 Å². The van der Waals surface area contributed by atoms with E-state index in [0.29, 0.717) is 6.04 Å². The maximum Gasteiger partial charge on any atom is 0.235 e. The molecule has 0 fully saturated rings. The van der Waals surface area contributed by atoms with E-state index in [1.807, 2.05) is 6.20 Å². The number of aryl methyl sites for hydroxylation is 2. The van der Waals surface area contributed by atoms with Gasteiger partial charge in [-0.15, -0.1) is 0 Å². The van der Waals surface area contributed by atoms with Crippen LogP contribution in [0, 0.1) is 20.3 Å². The molecule has 115 valence electrons. The minimum Gasteiger partial charge on any atom is -0.276 e. The van der Waals surface area contributed by atoms with Crippen LogP contribution in [0.5, 0.6) is 0 Å². The second-order valence-electron chi connectivity index (χ2n) is 5.22. The SMILES string of the molecule is CC[CH-]C(C)[NH+](c1ccccc1C)c1ncncc1C.[Rh]. The molecule has 1 heterocycles. The molecule has 0 saturated heterocycles. The van der Waals surface area contributed by atoms with Crippen molar-refractivity contribution < 1.29 is 24.4 Å². The van der Waals surface area contributed by atoms with Crippen molar-refractivity contribution in [3.63, 3.8) is 0 Å². The van der Waals surface area contributed by atoms with Crippen LogP contribution in [0.2, 0.25) is 0 Å². The van der Waals surface area contributed by atoms with Crippen molar-refractivity contribution >= 4 is 11.5 Å². The molecular weight excluding hydrogens is 349 g/mol. The summed E-state index contributed by atoms with van der Waals surface area (Å²) in [5.74, 6) is 1.06. The van der Waals surface area contributed by atoms with Crippen molar-refractivity contribution in [1.82, 2.24) is 9.97 Å². The number of hydrogen-bond acceptors (Lipinski definition) is 2. The molecule has 1 N–H and O–H groups in total. The van der Waals surface area contributed by atoms with Crippen molar-refractivity contribution in [1.29, 1.82) is 0 Å². The molecule has 0 aliphatic carbocycles. The molecule has 4 heteroatoms. The van der Waals surface area contributed by atoms with Crippen LogP contribution in [0.15, 0.2) is 36.8 Å². The third kappa shape index (κ3) is 4.18.